The highest BCUT2D eigenvalue weighted by Crippen LogP contribution is 2.31. The predicted molar refractivity (Wildman–Crippen MR) is 52.1 cm³/mol. The number of ether oxygens (including phenoxy) is 1. The van der Waals surface area contributed by atoms with Gasteiger partial charge >= 0.3 is 0 Å². The lowest BCUT2D eigenvalue weighted by molar-refractivity contribution is 0.144. The molecule has 2 unspecified atom stereocenters. The van der Waals surface area contributed by atoms with Crippen molar-refractivity contribution in [1.82, 2.24) is 4.90 Å². The van der Waals surface area contributed by atoms with E-state index in [2.05, 4.69) is 11.8 Å². The zero-order chi connectivity index (χ0) is 8.55. The van der Waals surface area contributed by atoms with Crippen molar-refractivity contribution in [2.45, 2.75) is 44.8 Å². The molecular formula is C9H15NOS. The van der Waals surface area contributed by atoms with Crippen molar-refractivity contribution in [3.8, 4) is 0 Å². The number of nitrogens with zero attached hydrogens (tertiary/aromatic N) is 1. The Morgan fingerprint density at radius 1 is 1.50 bits per heavy atom. The number of likely N-dealkylation sites (N-methyl/N-ethyl adjacent to an activating group) is 1. The second-order valence-electron chi connectivity index (χ2n) is 3.56. The Balaban J connectivity index is 2.10. The highest BCUT2D eigenvalue weighted by Gasteiger charge is 2.39. The lowest BCUT2D eigenvalue weighted by atomic mass is 9.92. The van der Waals surface area contributed by atoms with Crippen LogP contribution in [0, 0.1) is 0 Å². The molecule has 2 rings (SSSR count). The summed E-state index contributed by atoms with van der Waals surface area (Å²) in [4.78, 5) is 2.24. The van der Waals surface area contributed by atoms with Gasteiger partial charge in [-0.25, -0.2) is 0 Å². The molecule has 0 aromatic carbocycles. The lowest BCUT2D eigenvalue weighted by Crippen LogP contribution is -2.38. The van der Waals surface area contributed by atoms with Crippen LogP contribution in [0.2, 0.25) is 0 Å². The first-order chi connectivity index (χ1) is 5.83. The summed E-state index contributed by atoms with van der Waals surface area (Å²) >= 11 is 5.16. The predicted octanol–water partition coefficient (Wildman–Crippen LogP) is 1.93. The molecule has 68 valence electrons. The number of hydrogen-bond donors (Lipinski definition) is 0. The largest absolute Gasteiger partial charge is 0.465 e. The molecule has 1 heterocycles. The summed E-state index contributed by atoms with van der Waals surface area (Å²) in [6.07, 6.45) is 5.51. The van der Waals surface area contributed by atoms with Gasteiger partial charge in [0.25, 0.3) is 5.17 Å². The van der Waals surface area contributed by atoms with E-state index in [1.165, 1.54) is 25.7 Å². The molecule has 2 atom stereocenters. The van der Waals surface area contributed by atoms with Crippen LogP contribution in [0.5, 0.6) is 0 Å². The minimum Gasteiger partial charge on any atom is -0.465 e. The van der Waals surface area contributed by atoms with E-state index in [-0.39, 0.29) is 0 Å². The first kappa shape index (κ1) is 8.30. The van der Waals surface area contributed by atoms with Gasteiger partial charge < -0.3 is 9.64 Å². The highest BCUT2D eigenvalue weighted by molar-refractivity contribution is 7.80. The quantitative estimate of drug-likeness (QED) is 0.579. The molecule has 1 aliphatic carbocycles. The maximum Gasteiger partial charge on any atom is 0.260 e. The molecule has 3 heteroatoms. The molecular weight excluding hydrogens is 170 g/mol. The highest BCUT2D eigenvalue weighted by atomic mass is 32.1. The Morgan fingerprint density at radius 3 is 3.00 bits per heavy atom. The molecule has 1 saturated heterocycles. The molecule has 2 nitrogen and oxygen atoms in total. The van der Waals surface area contributed by atoms with Crippen LogP contribution in [0.15, 0.2) is 0 Å². The molecule has 12 heavy (non-hydrogen) atoms. The standard InChI is InChI=1S/C9H15NOS/c1-2-10-7-5-3-4-6-8(7)11-9(10)12/h7-8H,2-6H2,1H3. The zero-order valence-corrected chi connectivity index (χ0v) is 8.27. The topological polar surface area (TPSA) is 12.5 Å². The van der Waals surface area contributed by atoms with Crippen molar-refractivity contribution < 1.29 is 4.74 Å². The lowest BCUT2D eigenvalue weighted by Gasteiger charge is -2.27. The molecule has 0 spiro atoms. The second kappa shape index (κ2) is 3.21. The van der Waals surface area contributed by atoms with Crippen LogP contribution in [-0.2, 0) is 4.74 Å². The van der Waals surface area contributed by atoms with Gasteiger partial charge in [0.15, 0.2) is 0 Å². The molecule has 1 saturated carbocycles. The van der Waals surface area contributed by atoms with Crippen molar-refractivity contribution in [3.05, 3.63) is 0 Å². The van der Waals surface area contributed by atoms with Gasteiger partial charge in [-0.15, -0.1) is 0 Å². The van der Waals surface area contributed by atoms with E-state index in [4.69, 9.17) is 17.0 Å². The third kappa shape index (κ3) is 1.20. The van der Waals surface area contributed by atoms with E-state index < -0.39 is 0 Å². The first-order valence-corrected chi connectivity index (χ1v) is 5.21. The summed E-state index contributed by atoms with van der Waals surface area (Å²) in [6, 6.07) is 0.594. The molecule has 0 aromatic heterocycles. The van der Waals surface area contributed by atoms with Gasteiger partial charge in [-0.1, -0.05) is 6.42 Å². The molecule has 0 radical (unpaired) electrons. The Kier molecular flexibility index (Phi) is 2.22. The average molecular weight is 185 g/mol. The SMILES string of the molecule is CCN1C(=S)OC2CCCCC21. The Bertz CT molecular complexity index is 195. The van der Waals surface area contributed by atoms with Gasteiger partial charge in [0.2, 0.25) is 0 Å². The van der Waals surface area contributed by atoms with Gasteiger partial charge in [-0.05, 0) is 38.4 Å². The van der Waals surface area contributed by atoms with Crippen LogP contribution in [-0.4, -0.2) is 28.8 Å². The molecule has 0 N–H and O–H groups in total. The molecule has 0 bridgehead atoms. The summed E-state index contributed by atoms with van der Waals surface area (Å²) in [5.74, 6) is 0. The fourth-order valence-electron chi connectivity index (χ4n) is 2.27. The number of thiocarbonyl (C=S) groups is 1. The smallest absolute Gasteiger partial charge is 0.260 e. The summed E-state index contributed by atoms with van der Waals surface area (Å²) in [5.41, 5.74) is 0. The van der Waals surface area contributed by atoms with E-state index in [0.717, 1.165) is 11.7 Å². The third-order valence-electron chi connectivity index (χ3n) is 2.90. The van der Waals surface area contributed by atoms with Crippen LogP contribution in [0.25, 0.3) is 0 Å². The molecule has 1 aliphatic heterocycles. The van der Waals surface area contributed by atoms with Gasteiger partial charge in [0, 0.05) is 6.54 Å². The van der Waals surface area contributed by atoms with Gasteiger partial charge in [0.05, 0.1) is 6.04 Å². The minimum atomic E-state index is 0.409. The normalized spacial score (nSPS) is 34.8. The fraction of sp³-hybridized carbons (Fsp3) is 0.889. The average Bonchev–Trinajstić information content (AvgIpc) is 2.40. The Labute approximate surface area is 78.9 Å². The Morgan fingerprint density at radius 2 is 2.25 bits per heavy atom. The molecule has 0 aromatic rings. The van der Waals surface area contributed by atoms with Crippen molar-refractivity contribution in [2.75, 3.05) is 6.54 Å². The Hall–Kier alpha value is -0.310. The van der Waals surface area contributed by atoms with Crippen LogP contribution < -0.4 is 0 Å². The van der Waals surface area contributed by atoms with E-state index in [1.54, 1.807) is 0 Å². The van der Waals surface area contributed by atoms with Crippen molar-refractivity contribution >= 4 is 17.4 Å². The van der Waals surface area contributed by atoms with Crippen LogP contribution in [0.4, 0.5) is 0 Å². The minimum absolute atomic E-state index is 0.409. The zero-order valence-electron chi connectivity index (χ0n) is 7.45. The van der Waals surface area contributed by atoms with Crippen molar-refractivity contribution in [2.24, 2.45) is 0 Å². The number of rotatable bonds is 1. The van der Waals surface area contributed by atoms with Crippen molar-refractivity contribution in [3.63, 3.8) is 0 Å². The van der Waals surface area contributed by atoms with E-state index in [0.29, 0.717) is 12.1 Å². The summed E-state index contributed by atoms with van der Waals surface area (Å²) in [5, 5.41) is 0.731. The molecule has 2 fully saturated rings. The number of hydrogen-bond acceptors (Lipinski definition) is 2. The molecule has 2 aliphatic rings. The van der Waals surface area contributed by atoms with E-state index in [9.17, 15) is 0 Å². The van der Waals surface area contributed by atoms with E-state index in [1.807, 2.05) is 0 Å². The van der Waals surface area contributed by atoms with Crippen molar-refractivity contribution in [1.29, 1.82) is 0 Å². The van der Waals surface area contributed by atoms with Gasteiger partial charge in [-0.2, -0.15) is 0 Å². The maximum atomic E-state index is 5.63. The summed E-state index contributed by atoms with van der Waals surface area (Å²) < 4.78 is 5.63. The number of fused-ring (bicyclic) bond motifs is 1. The molecule has 0 amide bonds. The summed E-state index contributed by atoms with van der Waals surface area (Å²) in [6.45, 7) is 3.15. The first-order valence-electron chi connectivity index (χ1n) is 4.80. The maximum absolute atomic E-state index is 5.63. The fourth-order valence-corrected chi connectivity index (χ4v) is 2.66. The summed E-state index contributed by atoms with van der Waals surface area (Å²) in [7, 11) is 0. The van der Waals surface area contributed by atoms with E-state index >= 15 is 0 Å². The van der Waals surface area contributed by atoms with Gasteiger partial charge in [0.1, 0.15) is 6.10 Å². The third-order valence-corrected chi connectivity index (χ3v) is 3.23. The van der Waals surface area contributed by atoms with Gasteiger partial charge in [-0.3, -0.25) is 0 Å². The van der Waals surface area contributed by atoms with Crippen LogP contribution in [0.1, 0.15) is 32.6 Å². The van der Waals surface area contributed by atoms with Crippen LogP contribution >= 0.6 is 12.2 Å². The van der Waals surface area contributed by atoms with Crippen LogP contribution in [0.3, 0.4) is 0 Å². The second-order valence-corrected chi connectivity index (χ2v) is 3.91. The monoisotopic (exact) mass is 185 g/mol.